The highest BCUT2D eigenvalue weighted by molar-refractivity contribution is 7.80. The minimum Gasteiger partial charge on any atom is -0.493 e. The lowest BCUT2D eigenvalue weighted by molar-refractivity contribution is 0.318. The Morgan fingerprint density at radius 3 is 2.55 bits per heavy atom. The largest absolute Gasteiger partial charge is 0.493 e. The number of fused-ring (bicyclic) bond motifs is 1. The number of hydrogen-bond acceptors (Lipinski definition) is 3. The van der Waals surface area contributed by atoms with Crippen molar-refractivity contribution >= 4 is 34.7 Å². The fourth-order valence-electron chi connectivity index (χ4n) is 3.82. The molecule has 0 aromatic heterocycles. The molecule has 2 aliphatic heterocycles. The standard InChI is InChI=1S/C24H27N3OS/c1-2-19-9-11-21(12-10-19)26-13-15-27(16-14-26)24(29)25-18-20-6-5-17-28-23-8-4-3-7-22(20)23/h2-4,7-12,18H,1,5-6,13-17H2,(H,25,29)/b20-18-. The SMILES string of the molecule is C=Cc1ccc(N2CCN(C(=S)N/C=C3/CCCOc4ccccc43)CC2)cc1. The van der Waals surface area contributed by atoms with Gasteiger partial charge in [-0.25, -0.2) is 0 Å². The summed E-state index contributed by atoms with van der Waals surface area (Å²) in [6.45, 7) is 8.33. The number of para-hydroxylation sites is 1. The Balaban J connectivity index is 1.35. The van der Waals surface area contributed by atoms with Gasteiger partial charge in [-0.2, -0.15) is 0 Å². The maximum atomic E-state index is 5.85. The topological polar surface area (TPSA) is 27.7 Å². The highest BCUT2D eigenvalue weighted by Crippen LogP contribution is 2.31. The van der Waals surface area contributed by atoms with Crippen molar-refractivity contribution < 1.29 is 4.74 Å². The average molecular weight is 406 g/mol. The van der Waals surface area contributed by atoms with Crippen LogP contribution in [0.25, 0.3) is 11.6 Å². The van der Waals surface area contributed by atoms with Crippen molar-refractivity contribution in [3.8, 4) is 5.75 Å². The number of thiocarbonyl (C=S) groups is 1. The number of rotatable bonds is 3. The van der Waals surface area contributed by atoms with Crippen LogP contribution in [0.1, 0.15) is 24.0 Å². The number of allylic oxidation sites excluding steroid dienone is 1. The summed E-state index contributed by atoms with van der Waals surface area (Å²) in [5, 5.41) is 4.16. The van der Waals surface area contributed by atoms with Gasteiger partial charge in [0.2, 0.25) is 0 Å². The molecule has 4 nitrogen and oxygen atoms in total. The molecule has 2 aromatic rings. The van der Waals surface area contributed by atoms with Crippen LogP contribution < -0.4 is 15.0 Å². The Morgan fingerprint density at radius 1 is 1.03 bits per heavy atom. The molecule has 0 bridgehead atoms. The zero-order valence-corrected chi connectivity index (χ0v) is 17.5. The van der Waals surface area contributed by atoms with Crippen LogP contribution in [-0.4, -0.2) is 42.8 Å². The Kier molecular flexibility index (Phi) is 6.15. The molecule has 5 heteroatoms. The van der Waals surface area contributed by atoms with E-state index in [1.54, 1.807) is 0 Å². The summed E-state index contributed by atoms with van der Waals surface area (Å²) in [6, 6.07) is 16.8. The van der Waals surface area contributed by atoms with E-state index in [0.29, 0.717) is 0 Å². The molecule has 29 heavy (non-hydrogen) atoms. The molecule has 0 spiro atoms. The molecule has 0 radical (unpaired) electrons. The third-order valence-electron chi connectivity index (χ3n) is 5.51. The van der Waals surface area contributed by atoms with Crippen molar-refractivity contribution in [3.05, 3.63) is 72.4 Å². The molecular formula is C24H27N3OS. The summed E-state index contributed by atoms with van der Waals surface area (Å²) < 4.78 is 5.85. The Hall–Kier alpha value is -2.79. The summed E-state index contributed by atoms with van der Waals surface area (Å²) >= 11 is 5.67. The molecule has 1 N–H and O–H groups in total. The molecule has 1 fully saturated rings. The van der Waals surface area contributed by atoms with E-state index in [2.05, 4.69) is 64.3 Å². The van der Waals surface area contributed by atoms with E-state index in [-0.39, 0.29) is 0 Å². The van der Waals surface area contributed by atoms with Gasteiger partial charge in [-0.1, -0.05) is 43.0 Å². The first-order valence-electron chi connectivity index (χ1n) is 10.2. The van der Waals surface area contributed by atoms with Crippen LogP contribution in [0.2, 0.25) is 0 Å². The molecule has 0 saturated carbocycles. The fraction of sp³-hybridized carbons (Fsp3) is 0.292. The first-order chi connectivity index (χ1) is 14.2. The maximum Gasteiger partial charge on any atom is 0.173 e. The number of hydrogen-bond donors (Lipinski definition) is 1. The number of piperazine rings is 1. The number of benzene rings is 2. The van der Waals surface area contributed by atoms with Gasteiger partial charge in [-0.3, -0.25) is 0 Å². The van der Waals surface area contributed by atoms with Crippen molar-refractivity contribution in [1.82, 2.24) is 10.2 Å². The lowest BCUT2D eigenvalue weighted by atomic mass is 10.0. The number of anilines is 1. The first-order valence-corrected chi connectivity index (χ1v) is 10.6. The summed E-state index contributed by atoms with van der Waals surface area (Å²) in [5.74, 6) is 0.958. The summed E-state index contributed by atoms with van der Waals surface area (Å²) in [4.78, 5) is 4.66. The summed E-state index contributed by atoms with van der Waals surface area (Å²) in [6.07, 6.45) is 5.94. The molecule has 150 valence electrons. The third-order valence-corrected chi connectivity index (χ3v) is 5.89. The fourth-order valence-corrected chi connectivity index (χ4v) is 4.06. The Labute approximate surface area is 178 Å². The minimum atomic E-state index is 0.758. The molecular weight excluding hydrogens is 378 g/mol. The lowest BCUT2D eigenvalue weighted by Crippen LogP contribution is -2.51. The normalized spacial score (nSPS) is 17.9. The second-order valence-electron chi connectivity index (χ2n) is 7.34. The van der Waals surface area contributed by atoms with Gasteiger partial charge in [0.15, 0.2) is 5.11 Å². The van der Waals surface area contributed by atoms with Crippen molar-refractivity contribution in [2.75, 3.05) is 37.7 Å². The van der Waals surface area contributed by atoms with E-state index in [1.165, 1.54) is 11.3 Å². The van der Waals surface area contributed by atoms with E-state index in [4.69, 9.17) is 17.0 Å². The number of ether oxygens (including phenoxy) is 1. The predicted octanol–water partition coefficient (Wildman–Crippen LogP) is 4.54. The van der Waals surface area contributed by atoms with E-state index in [9.17, 15) is 0 Å². The van der Waals surface area contributed by atoms with Gasteiger partial charge in [0.25, 0.3) is 0 Å². The van der Waals surface area contributed by atoms with E-state index >= 15 is 0 Å². The van der Waals surface area contributed by atoms with Crippen LogP contribution in [0.3, 0.4) is 0 Å². The number of nitrogens with one attached hydrogen (secondary N) is 1. The Morgan fingerprint density at radius 2 is 1.79 bits per heavy atom. The molecule has 0 atom stereocenters. The quantitative estimate of drug-likeness (QED) is 0.757. The van der Waals surface area contributed by atoms with Crippen LogP contribution in [-0.2, 0) is 0 Å². The highest BCUT2D eigenvalue weighted by Gasteiger charge is 2.19. The van der Waals surface area contributed by atoms with Gasteiger partial charge in [-0.05, 0) is 54.4 Å². The summed E-state index contributed by atoms with van der Waals surface area (Å²) in [5.41, 5.74) is 4.82. The summed E-state index contributed by atoms with van der Waals surface area (Å²) in [7, 11) is 0. The van der Waals surface area contributed by atoms with Gasteiger partial charge in [0.05, 0.1) is 6.61 Å². The van der Waals surface area contributed by atoms with Crippen molar-refractivity contribution in [3.63, 3.8) is 0 Å². The smallest absolute Gasteiger partial charge is 0.173 e. The van der Waals surface area contributed by atoms with Gasteiger partial charge >= 0.3 is 0 Å². The zero-order valence-electron chi connectivity index (χ0n) is 16.6. The van der Waals surface area contributed by atoms with Crippen LogP contribution in [0.5, 0.6) is 5.75 Å². The molecule has 0 amide bonds. The maximum absolute atomic E-state index is 5.85. The van der Waals surface area contributed by atoms with Gasteiger partial charge in [0.1, 0.15) is 5.75 Å². The average Bonchev–Trinajstić information content (AvgIpc) is 3.00. The zero-order chi connectivity index (χ0) is 20.1. The molecule has 0 aliphatic carbocycles. The second-order valence-corrected chi connectivity index (χ2v) is 7.72. The van der Waals surface area contributed by atoms with E-state index < -0.39 is 0 Å². The molecule has 2 aromatic carbocycles. The second kappa shape index (κ2) is 9.14. The molecule has 0 unspecified atom stereocenters. The minimum absolute atomic E-state index is 0.758. The van der Waals surface area contributed by atoms with Gasteiger partial charge in [0, 0.05) is 43.6 Å². The molecule has 4 rings (SSSR count). The van der Waals surface area contributed by atoms with Gasteiger partial charge in [-0.15, -0.1) is 0 Å². The molecule has 2 aliphatic rings. The van der Waals surface area contributed by atoms with Crippen LogP contribution in [0.4, 0.5) is 5.69 Å². The van der Waals surface area contributed by atoms with Crippen LogP contribution in [0.15, 0.2) is 61.3 Å². The van der Waals surface area contributed by atoms with Crippen molar-refractivity contribution in [2.45, 2.75) is 12.8 Å². The number of nitrogens with zero attached hydrogens (tertiary/aromatic N) is 2. The predicted molar refractivity (Wildman–Crippen MR) is 125 cm³/mol. The first kappa shape index (κ1) is 19.5. The third kappa shape index (κ3) is 4.62. The van der Waals surface area contributed by atoms with Crippen LogP contribution in [0, 0.1) is 0 Å². The molecule has 1 saturated heterocycles. The Bertz CT molecular complexity index is 899. The van der Waals surface area contributed by atoms with Crippen LogP contribution >= 0.6 is 12.2 Å². The van der Waals surface area contributed by atoms with Gasteiger partial charge < -0.3 is 19.9 Å². The highest BCUT2D eigenvalue weighted by atomic mass is 32.1. The van der Waals surface area contributed by atoms with Crippen molar-refractivity contribution in [1.29, 1.82) is 0 Å². The monoisotopic (exact) mass is 405 g/mol. The van der Waals surface area contributed by atoms with E-state index in [0.717, 1.165) is 67.6 Å². The lowest BCUT2D eigenvalue weighted by Gasteiger charge is -2.37. The van der Waals surface area contributed by atoms with Crippen molar-refractivity contribution in [2.24, 2.45) is 0 Å². The van der Waals surface area contributed by atoms with E-state index in [1.807, 2.05) is 18.2 Å². The molecule has 2 heterocycles.